The molecule has 2 heterocycles. The molecule has 238 valence electrons. The van der Waals surface area contributed by atoms with E-state index in [1.165, 1.54) is 40.1 Å². The minimum absolute atomic E-state index is 0.0613. The minimum Gasteiger partial charge on any atom is -0.342 e. The summed E-state index contributed by atoms with van der Waals surface area (Å²) in [4.78, 5) is 44.6. The summed E-state index contributed by atoms with van der Waals surface area (Å²) in [7, 11) is 0. The Hall–Kier alpha value is -6.33. The second kappa shape index (κ2) is 13.2. The number of para-hydroxylation sites is 2. The summed E-state index contributed by atoms with van der Waals surface area (Å²) in [5.74, 6) is -2.28. The van der Waals surface area contributed by atoms with Gasteiger partial charge >= 0.3 is 0 Å². The number of benzene rings is 4. The molecule has 1 aliphatic heterocycles. The normalized spacial score (nSPS) is 14.9. The molecule has 5 aromatic rings. The molecule has 1 N–H and O–H groups in total. The second-order valence-corrected chi connectivity index (χ2v) is 11.5. The molecule has 0 unspecified atom stereocenters. The van der Waals surface area contributed by atoms with Crippen molar-refractivity contribution in [3.05, 3.63) is 119 Å². The van der Waals surface area contributed by atoms with Crippen molar-refractivity contribution in [2.75, 3.05) is 16.3 Å². The number of nitriles is 2. The van der Waals surface area contributed by atoms with Crippen LogP contribution in [-0.4, -0.2) is 40.1 Å². The summed E-state index contributed by atoms with van der Waals surface area (Å²) in [6.45, 7) is 3.32. The van der Waals surface area contributed by atoms with E-state index in [1.54, 1.807) is 41.9 Å². The summed E-state index contributed by atoms with van der Waals surface area (Å²) in [6.07, 6.45) is 0.536. The number of carbonyl (C=O) groups is 3. The molecule has 0 radical (unpaired) electrons. The van der Waals surface area contributed by atoms with Crippen LogP contribution in [0.2, 0.25) is 0 Å². The zero-order valence-electron chi connectivity index (χ0n) is 26.2. The summed E-state index contributed by atoms with van der Waals surface area (Å²) in [6, 6.07) is 27.4. The van der Waals surface area contributed by atoms with Gasteiger partial charge in [-0.05, 0) is 67.1 Å². The highest BCUT2D eigenvalue weighted by atomic mass is 19.1. The average Bonchev–Trinajstić information content (AvgIpc) is 3.44. The Labute approximate surface area is 276 Å². The van der Waals surface area contributed by atoms with Crippen LogP contribution >= 0.6 is 0 Å². The molecule has 0 saturated heterocycles. The molecule has 0 saturated carbocycles. The Balaban J connectivity index is 1.52. The van der Waals surface area contributed by atoms with Gasteiger partial charge in [0.25, 0.3) is 11.8 Å². The molecule has 4 aromatic carbocycles. The van der Waals surface area contributed by atoms with Crippen molar-refractivity contribution in [1.29, 1.82) is 10.5 Å². The third kappa shape index (κ3) is 5.85. The third-order valence-electron chi connectivity index (χ3n) is 8.55. The molecular formula is C37H30FN7O3. The molecule has 1 aromatic heterocycles. The van der Waals surface area contributed by atoms with Crippen molar-refractivity contribution in [3.8, 4) is 17.8 Å². The largest absolute Gasteiger partial charge is 0.342 e. The van der Waals surface area contributed by atoms with Gasteiger partial charge in [-0.15, -0.1) is 0 Å². The van der Waals surface area contributed by atoms with Crippen LogP contribution < -0.4 is 15.1 Å². The lowest BCUT2D eigenvalue weighted by atomic mass is 10.1. The molecule has 48 heavy (non-hydrogen) atoms. The summed E-state index contributed by atoms with van der Waals surface area (Å²) >= 11 is 0. The summed E-state index contributed by atoms with van der Waals surface area (Å²) in [5, 5.41) is 28.1. The van der Waals surface area contributed by atoms with Crippen molar-refractivity contribution < 1.29 is 18.8 Å². The van der Waals surface area contributed by atoms with Crippen molar-refractivity contribution in [3.63, 3.8) is 0 Å². The fourth-order valence-corrected chi connectivity index (χ4v) is 5.75. The number of hydrogen-bond acceptors (Lipinski definition) is 6. The summed E-state index contributed by atoms with van der Waals surface area (Å²) < 4.78 is 15.5. The highest BCUT2D eigenvalue weighted by Crippen LogP contribution is 2.37. The number of aromatic nitrogens is 2. The van der Waals surface area contributed by atoms with Crippen LogP contribution in [0.5, 0.6) is 0 Å². The first-order valence-electron chi connectivity index (χ1n) is 15.4. The van der Waals surface area contributed by atoms with E-state index in [0.29, 0.717) is 34.6 Å². The van der Waals surface area contributed by atoms with E-state index >= 15 is 0 Å². The molecule has 0 spiro atoms. The maximum absolute atomic E-state index is 14.6. The van der Waals surface area contributed by atoms with Crippen LogP contribution in [0.15, 0.2) is 91.0 Å². The Morgan fingerprint density at radius 2 is 1.69 bits per heavy atom. The maximum Gasteiger partial charge on any atom is 0.258 e. The lowest BCUT2D eigenvalue weighted by molar-refractivity contribution is -0.129. The van der Waals surface area contributed by atoms with Gasteiger partial charge in [-0.3, -0.25) is 14.4 Å². The third-order valence-corrected chi connectivity index (χ3v) is 8.55. The zero-order valence-corrected chi connectivity index (χ0v) is 26.2. The number of hydrogen-bond donors (Lipinski definition) is 1. The molecule has 2 atom stereocenters. The van der Waals surface area contributed by atoms with Crippen molar-refractivity contribution in [2.24, 2.45) is 5.92 Å². The summed E-state index contributed by atoms with van der Waals surface area (Å²) in [5.41, 5.74) is 3.22. The highest BCUT2D eigenvalue weighted by Gasteiger charge is 2.38. The fourth-order valence-electron chi connectivity index (χ4n) is 5.75. The van der Waals surface area contributed by atoms with Crippen LogP contribution in [-0.2, 0) is 16.1 Å². The monoisotopic (exact) mass is 639 g/mol. The zero-order chi connectivity index (χ0) is 33.9. The lowest BCUT2D eigenvalue weighted by Crippen LogP contribution is -2.53. The SMILES string of the molecule is CC[C@@H](C)C(=O)N[C@H]1CN(C(=O)c2ccc(F)cc2)c2cc(C#N)ccc2N(Cc2nn(-c3ccccc3C#N)c3ccccc23)C1=O. The Morgan fingerprint density at radius 3 is 2.42 bits per heavy atom. The van der Waals surface area contributed by atoms with Crippen LogP contribution in [0.1, 0.15) is 47.4 Å². The molecule has 3 amide bonds. The van der Waals surface area contributed by atoms with Gasteiger partial charge < -0.3 is 15.1 Å². The first kappa shape index (κ1) is 31.6. The number of rotatable bonds is 7. The molecular weight excluding hydrogens is 609 g/mol. The number of fused-ring (bicyclic) bond motifs is 2. The first-order chi connectivity index (χ1) is 23.2. The van der Waals surface area contributed by atoms with Gasteiger partial charge in [-0.1, -0.05) is 44.2 Å². The van der Waals surface area contributed by atoms with E-state index in [2.05, 4.69) is 17.5 Å². The predicted molar refractivity (Wildman–Crippen MR) is 178 cm³/mol. The molecule has 6 rings (SSSR count). The van der Waals surface area contributed by atoms with Gasteiger partial charge in [0.15, 0.2) is 0 Å². The van der Waals surface area contributed by atoms with Crippen LogP contribution in [0, 0.1) is 34.4 Å². The fraction of sp³-hybridized carbons (Fsp3) is 0.189. The van der Waals surface area contributed by atoms with Gasteiger partial charge in [0, 0.05) is 16.9 Å². The lowest BCUT2D eigenvalue weighted by Gasteiger charge is -2.26. The second-order valence-electron chi connectivity index (χ2n) is 11.5. The van der Waals surface area contributed by atoms with Gasteiger partial charge in [0.1, 0.15) is 17.9 Å². The van der Waals surface area contributed by atoms with Gasteiger partial charge in [-0.25, -0.2) is 9.07 Å². The van der Waals surface area contributed by atoms with E-state index in [9.17, 15) is 29.3 Å². The quantitative estimate of drug-likeness (QED) is 0.245. The van der Waals surface area contributed by atoms with Crippen molar-refractivity contribution >= 4 is 40.0 Å². The van der Waals surface area contributed by atoms with Crippen LogP contribution in [0.25, 0.3) is 16.6 Å². The number of nitrogens with one attached hydrogen (secondary N) is 1. The Morgan fingerprint density at radius 1 is 0.958 bits per heavy atom. The van der Waals surface area contributed by atoms with Gasteiger partial charge in [0.05, 0.1) is 58.6 Å². The topological polar surface area (TPSA) is 135 Å². The predicted octanol–water partition coefficient (Wildman–Crippen LogP) is 5.63. The maximum atomic E-state index is 14.6. The van der Waals surface area contributed by atoms with E-state index in [0.717, 1.165) is 5.39 Å². The highest BCUT2D eigenvalue weighted by molar-refractivity contribution is 6.13. The minimum atomic E-state index is -1.17. The molecule has 0 fully saturated rings. The Kier molecular flexibility index (Phi) is 8.69. The number of amides is 3. The van der Waals surface area contributed by atoms with E-state index in [1.807, 2.05) is 37.3 Å². The van der Waals surface area contributed by atoms with E-state index < -0.39 is 29.6 Å². The first-order valence-corrected chi connectivity index (χ1v) is 15.4. The number of halogens is 1. The Bertz CT molecular complexity index is 2150. The van der Waals surface area contributed by atoms with Gasteiger partial charge in [-0.2, -0.15) is 15.6 Å². The molecule has 11 heteroatoms. The number of anilines is 2. The molecule has 10 nitrogen and oxygen atoms in total. The average molecular weight is 640 g/mol. The van der Waals surface area contributed by atoms with Crippen LogP contribution in [0.4, 0.5) is 15.8 Å². The van der Waals surface area contributed by atoms with Crippen LogP contribution in [0.3, 0.4) is 0 Å². The molecule has 1 aliphatic rings. The van der Waals surface area contributed by atoms with Crippen molar-refractivity contribution in [1.82, 2.24) is 15.1 Å². The van der Waals surface area contributed by atoms with Gasteiger partial charge in [0.2, 0.25) is 5.91 Å². The van der Waals surface area contributed by atoms with Crippen molar-refractivity contribution in [2.45, 2.75) is 32.9 Å². The molecule has 0 bridgehead atoms. The molecule has 0 aliphatic carbocycles. The number of carbonyl (C=O) groups excluding carboxylic acids is 3. The van der Waals surface area contributed by atoms with E-state index in [4.69, 9.17) is 5.10 Å². The number of nitrogens with zero attached hydrogens (tertiary/aromatic N) is 6. The standard InChI is InChI=1S/C37H30FN7O3/c1-3-23(2)35(46)41-30-22-44(36(47)25-13-15-27(38)16-14-25)34-18-24(19-39)12-17-33(34)43(37(30)48)21-29-28-9-5-7-11-32(28)45(42-29)31-10-6-4-8-26(31)20-40/h4-18,23,30H,3,21-22H2,1-2H3,(H,41,46)/t23-,30+/m1/s1. The smallest absolute Gasteiger partial charge is 0.258 e. The van der Waals surface area contributed by atoms with E-state index in [-0.39, 0.29) is 35.8 Å².